The molecule has 2 aromatic rings. The summed E-state index contributed by atoms with van der Waals surface area (Å²) in [6, 6.07) is 10.7. The number of nitrogens with zero attached hydrogens (tertiary/aromatic N) is 1. The quantitative estimate of drug-likeness (QED) is 0.724. The van der Waals surface area contributed by atoms with Crippen molar-refractivity contribution in [3.63, 3.8) is 0 Å². The van der Waals surface area contributed by atoms with Crippen LogP contribution in [0.25, 0.3) is 0 Å². The number of amides is 2. The predicted octanol–water partition coefficient (Wildman–Crippen LogP) is 2.66. The number of ether oxygens (including phenoxy) is 1. The zero-order valence-corrected chi connectivity index (χ0v) is 14.5. The summed E-state index contributed by atoms with van der Waals surface area (Å²) < 4.78 is 4.94. The molecule has 0 aliphatic heterocycles. The Morgan fingerprint density at radius 3 is 2.56 bits per heavy atom. The fourth-order valence-corrected chi connectivity index (χ4v) is 2.24. The van der Waals surface area contributed by atoms with Crippen LogP contribution in [0.3, 0.4) is 0 Å². The lowest BCUT2D eigenvalue weighted by molar-refractivity contribution is 0.0948. The van der Waals surface area contributed by atoms with Gasteiger partial charge in [-0.15, -0.1) is 0 Å². The lowest BCUT2D eigenvalue weighted by Crippen LogP contribution is -2.25. The normalized spacial score (nSPS) is 10.3. The van der Waals surface area contributed by atoms with Crippen LogP contribution in [0, 0.1) is 0 Å². The number of carbonyl (C=O) groups is 2. The average Bonchev–Trinajstić information content (AvgIpc) is 2.65. The molecule has 0 bridgehead atoms. The van der Waals surface area contributed by atoms with Gasteiger partial charge in [-0.3, -0.25) is 14.6 Å². The van der Waals surface area contributed by atoms with Crippen LogP contribution >= 0.6 is 0 Å². The van der Waals surface area contributed by atoms with Crippen LogP contribution in [0.1, 0.15) is 39.8 Å². The second kappa shape index (κ2) is 9.54. The number of carbonyl (C=O) groups excluding carboxylic acids is 2. The highest BCUT2D eigenvalue weighted by Gasteiger charge is 2.12. The molecule has 1 heterocycles. The van der Waals surface area contributed by atoms with E-state index in [0.717, 1.165) is 12.8 Å². The summed E-state index contributed by atoms with van der Waals surface area (Å²) in [4.78, 5) is 28.5. The van der Waals surface area contributed by atoms with Crippen molar-refractivity contribution in [3.05, 3.63) is 59.4 Å². The van der Waals surface area contributed by atoms with Gasteiger partial charge in [0.25, 0.3) is 11.8 Å². The molecule has 0 aliphatic rings. The van der Waals surface area contributed by atoms with Crippen LogP contribution in [-0.2, 0) is 11.2 Å². The molecule has 2 N–H and O–H groups in total. The summed E-state index contributed by atoms with van der Waals surface area (Å²) in [5, 5.41) is 5.57. The van der Waals surface area contributed by atoms with Gasteiger partial charge in [0.2, 0.25) is 0 Å². The number of anilines is 1. The molecule has 0 fully saturated rings. The smallest absolute Gasteiger partial charge is 0.274 e. The zero-order valence-electron chi connectivity index (χ0n) is 14.5. The molecule has 132 valence electrons. The van der Waals surface area contributed by atoms with Gasteiger partial charge in [0.05, 0.1) is 0 Å². The van der Waals surface area contributed by atoms with E-state index in [-0.39, 0.29) is 17.5 Å². The summed E-state index contributed by atoms with van der Waals surface area (Å²) in [5.74, 6) is -0.585. The summed E-state index contributed by atoms with van der Waals surface area (Å²) in [6.45, 7) is 3.17. The Hall–Kier alpha value is -2.73. The summed E-state index contributed by atoms with van der Waals surface area (Å²) in [5.41, 5.74) is 2.49. The number of rotatable bonds is 8. The van der Waals surface area contributed by atoms with Gasteiger partial charge in [0, 0.05) is 37.7 Å². The summed E-state index contributed by atoms with van der Waals surface area (Å²) in [6.07, 6.45) is 3.13. The third-order valence-electron chi connectivity index (χ3n) is 3.69. The fourth-order valence-electron chi connectivity index (χ4n) is 2.24. The topological polar surface area (TPSA) is 80.3 Å². The van der Waals surface area contributed by atoms with E-state index in [1.165, 1.54) is 17.8 Å². The highest BCUT2D eigenvalue weighted by Crippen LogP contribution is 2.12. The minimum atomic E-state index is -0.349. The molecule has 25 heavy (non-hydrogen) atoms. The maximum Gasteiger partial charge on any atom is 0.274 e. The second-order valence-electron chi connectivity index (χ2n) is 5.54. The monoisotopic (exact) mass is 341 g/mol. The van der Waals surface area contributed by atoms with Crippen molar-refractivity contribution in [2.45, 2.75) is 19.8 Å². The maximum absolute atomic E-state index is 12.3. The summed E-state index contributed by atoms with van der Waals surface area (Å²) >= 11 is 0. The number of hydrogen-bond acceptors (Lipinski definition) is 4. The number of hydrogen-bond donors (Lipinski definition) is 2. The molecule has 1 aromatic carbocycles. The minimum absolute atomic E-state index is 0.198. The molecule has 0 saturated carbocycles. The van der Waals surface area contributed by atoms with E-state index in [2.05, 4.69) is 22.5 Å². The van der Waals surface area contributed by atoms with Crippen LogP contribution in [-0.4, -0.2) is 37.1 Å². The van der Waals surface area contributed by atoms with Gasteiger partial charge < -0.3 is 15.4 Å². The van der Waals surface area contributed by atoms with E-state index in [9.17, 15) is 9.59 Å². The minimum Gasteiger partial charge on any atom is -0.385 e. The van der Waals surface area contributed by atoms with Crippen LogP contribution in [0.4, 0.5) is 5.69 Å². The van der Waals surface area contributed by atoms with Gasteiger partial charge in [0.1, 0.15) is 5.69 Å². The number of aryl methyl sites for hydroxylation is 1. The molecule has 6 heteroatoms. The van der Waals surface area contributed by atoms with Crippen molar-refractivity contribution in [3.8, 4) is 0 Å². The van der Waals surface area contributed by atoms with E-state index >= 15 is 0 Å². The Morgan fingerprint density at radius 1 is 1.12 bits per heavy atom. The van der Waals surface area contributed by atoms with Crippen molar-refractivity contribution in [2.24, 2.45) is 0 Å². The summed E-state index contributed by atoms with van der Waals surface area (Å²) in [7, 11) is 1.62. The molecular formula is C19H23N3O3. The second-order valence-corrected chi connectivity index (χ2v) is 5.54. The molecule has 6 nitrogen and oxygen atoms in total. The highest BCUT2D eigenvalue weighted by molar-refractivity contribution is 6.04. The fraction of sp³-hybridized carbons (Fsp3) is 0.316. The molecule has 0 radical (unpaired) electrons. The first-order chi connectivity index (χ1) is 12.1. The van der Waals surface area contributed by atoms with Crippen LogP contribution in [0.5, 0.6) is 0 Å². The Kier molecular flexibility index (Phi) is 7.10. The van der Waals surface area contributed by atoms with Gasteiger partial charge in [-0.2, -0.15) is 0 Å². The van der Waals surface area contributed by atoms with Crippen LogP contribution < -0.4 is 10.6 Å². The van der Waals surface area contributed by atoms with Crippen molar-refractivity contribution >= 4 is 17.5 Å². The zero-order chi connectivity index (χ0) is 18.1. The van der Waals surface area contributed by atoms with Crippen molar-refractivity contribution in [1.29, 1.82) is 0 Å². The van der Waals surface area contributed by atoms with Gasteiger partial charge >= 0.3 is 0 Å². The molecule has 1 aromatic heterocycles. The number of nitrogens with one attached hydrogen (secondary N) is 2. The number of methoxy groups -OCH3 is 1. The lowest BCUT2D eigenvalue weighted by atomic mass is 10.1. The van der Waals surface area contributed by atoms with Gasteiger partial charge in [-0.25, -0.2) is 0 Å². The van der Waals surface area contributed by atoms with Crippen molar-refractivity contribution in [1.82, 2.24) is 10.3 Å². The van der Waals surface area contributed by atoms with Crippen LogP contribution in [0.2, 0.25) is 0 Å². The van der Waals surface area contributed by atoms with E-state index in [1.807, 2.05) is 24.3 Å². The Bertz CT molecular complexity index is 714. The largest absolute Gasteiger partial charge is 0.385 e. The first-order valence-corrected chi connectivity index (χ1v) is 8.27. The van der Waals surface area contributed by atoms with Crippen molar-refractivity contribution < 1.29 is 14.3 Å². The third kappa shape index (κ3) is 5.69. The standard InChI is InChI=1S/C19H23N3O3/c1-3-14-5-7-16(8-6-14)22-19(24)17-13-15(9-11-20-17)18(23)21-10-4-12-25-2/h5-9,11,13H,3-4,10,12H2,1-2H3,(H,21,23)(H,22,24). The molecular weight excluding hydrogens is 318 g/mol. The number of benzene rings is 1. The Labute approximate surface area is 147 Å². The van der Waals surface area contributed by atoms with Gasteiger partial charge in [0.15, 0.2) is 0 Å². The highest BCUT2D eigenvalue weighted by atomic mass is 16.5. The van der Waals surface area contributed by atoms with E-state index in [4.69, 9.17) is 4.74 Å². The molecule has 0 atom stereocenters. The SMILES string of the molecule is CCc1ccc(NC(=O)c2cc(C(=O)NCCCOC)ccn2)cc1. The Balaban J connectivity index is 1.99. The number of aromatic nitrogens is 1. The third-order valence-corrected chi connectivity index (χ3v) is 3.69. The van der Waals surface area contributed by atoms with Crippen molar-refractivity contribution in [2.75, 3.05) is 25.6 Å². The van der Waals surface area contributed by atoms with E-state index in [1.54, 1.807) is 13.2 Å². The molecule has 0 spiro atoms. The molecule has 0 aliphatic carbocycles. The molecule has 0 unspecified atom stereocenters. The van der Waals surface area contributed by atoms with Crippen LogP contribution in [0.15, 0.2) is 42.6 Å². The average molecular weight is 341 g/mol. The molecule has 0 saturated heterocycles. The van der Waals surface area contributed by atoms with Gasteiger partial charge in [-0.1, -0.05) is 19.1 Å². The Morgan fingerprint density at radius 2 is 1.88 bits per heavy atom. The lowest BCUT2D eigenvalue weighted by Gasteiger charge is -2.08. The first-order valence-electron chi connectivity index (χ1n) is 8.27. The molecule has 2 amide bonds. The van der Waals surface area contributed by atoms with Gasteiger partial charge in [-0.05, 0) is 42.7 Å². The van der Waals surface area contributed by atoms with E-state index in [0.29, 0.717) is 24.4 Å². The predicted molar refractivity (Wildman–Crippen MR) is 96.8 cm³/mol. The first kappa shape index (κ1) is 18.6. The molecule has 2 rings (SSSR count). The van der Waals surface area contributed by atoms with E-state index < -0.39 is 0 Å². The number of pyridine rings is 1. The maximum atomic E-state index is 12.3.